The maximum atomic E-state index is 13.3. The summed E-state index contributed by atoms with van der Waals surface area (Å²) < 4.78 is 13.3. The minimum absolute atomic E-state index is 0.0473. The fourth-order valence-electron chi connectivity index (χ4n) is 1.57. The monoisotopic (exact) mass is 289 g/mol. The summed E-state index contributed by atoms with van der Waals surface area (Å²) in [7, 11) is 0. The number of hydrogen-bond acceptors (Lipinski definition) is 3. The number of hydrogen-bond donors (Lipinski definition) is 1. The quantitative estimate of drug-likeness (QED) is 0.922. The third-order valence-electron chi connectivity index (χ3n) is 2.63. The number of amides is 1. The van der Waals surface area contributed by atoms with Crippen LogP contribution in [0.3, 0.4) is 0 Å². The fraction of sp³-hybridized carbons (Fsp3) is 0.0714. The SMILES string of the molecule is Cc1nc(NC(=O)c2ccc(Cl)c(F)c2)ccc1C#N. The van der Waals surface area contributed by atoms with Gasteiger partial charge in [-0.25, -0.2) is 9.37 Å². The summed E-state index contributed by atoms with van der Waals surface area (Å²) in [5.74, 6) is -0.873. The van der Waals surface area contributed by atoms with Gasteiger partial charge in [0.1, 0.15) is 17.7 Å². The van der Waals surface area contributed by atoms with Crippen molar-refractivity contribution in [3.05, 3.63) is 58.0 Å². The average Bonchev–Trinajstić information content (AvgIpc) is 2.42. The van der Waals surface area contributed by atoms with E-state index < -0.39 is 11.7 Å². The summed E-state index contributed by atoms with van der Waals surface area (Å²) in [6, 6.07) is 8.82. The maximum Gasteiger partial charge on any atom is 0.256 e. The van der Waals surface area contributed by atoms with E-state index in [1.165, 1.54) is 18.2 Å². The first-order chi connectivity index (χ1) is 9.51. The number of nitriles is 1. The third kappa shape index (κ3) is 2.92. The first kappa shape index (κ1) is 14.0. The van der Waals surface area contributed by atoms with Crippen molar-refractivity contribution >= 4 is 23.3 Å². The van der Waals surface area contributed by atoms with E-state index in [2.05, 4.69) is 10.3 Å². The van der Waals surface area contributed by atoms with Gasteiger partial charge in [0, 0.05) is 5.56 Å². The van der Waals surface area contributed by atoms with Crippen molar-refractivity contribution in [2.75, 3.05) is 5.32 Å². The normalized spacial score (nSPS) is 9.90. The Kier molecular flexibility index (Phi) is 3.97. The Balaban J connectivity index is 2.21. The molecule has 0 aliphatic carbocycles. The van der Waals surface area contributed by atoms with E-state index in [9.17, 15) is 9.18 Å². The topological polar surface area (TPSA) is 65.8 Å². The Morgan fingerprint density at radius 1 is 1.40 bits per heavy atom. The van der Waals surface area contributed by atoms with E-state index >= 15 is 0 Å². The van der Waals surface area contributed by atoms with Gasteiger partial charge >= 0.3 is 0 Å². The van der Waals surface area contributed by atoms with Gasteiger partial charge in [-0.3, -0.25) is 4.79 Å². The second-order valence-electron chi connectivity index (χ2n) is 4.02. The maximum absolute atomic E-state index is 13.3. The number of aryl methyl sites for hydroxylation is 1. The van der Waals surface area contributed by atoms with Gasteiger partial charge in [-0.05, 0) is 37.3 Å². The van der Waals surface area contributed by atoms with Crippen molar-refractivity contribution in [3.8, 4) is 6.07 Å². The van der Waals surface area contributed by atoms with E-state index in [0.29, 0.717) is 17.1 Å². The molecule has 1 aromatic heterocycles. The number of carbonyl (C=O) groups excluding carboxylic acids is 1. The molecule has 1 heterocycles. The summed E-state index contributed by atoms with van der Waals surface area (Å²) in [5.41, 5.74) is 1.07. The molecule has 2 aromatic rings. The lowest BCUT2D eigenvalue weighted by atomic mass is 10.2. The number of benzene rings is 1. The molecule has 0 saturated carbocycles. The molecule has 0 bridgehead atoms. The summed E-state index contributed by atoms with van der Waals surface area (Å²) in [4.78, 5) is 16.0. The molecular formula is C14H9ClFN3O. The molecule has 20 heavy (non-hydrogen) atoms. The zero-order valence-corrected chi connectivity index (χ0v) is 11.2. The molecule has 6 heteroatoms. The van der Waals surface area contributed by atoms with E-state index in [4.69, 9.17) is 16.9 Å². The molecule has 0 spiro atoms. The van der Waals surface area contributed by atoms with Crippen LogP contribution in [0, 0.1) is 24.1 Å². The summed E-state index contributed by atoms with van der Waals surface area (Å²) in [6.45, 7) is 1.66. The number of nitrogens with one attached hydrogen (secondary N) is 1. The zero-order valence-electron chi connectivity index (χ0n) is 10.4. The highest BCUT2D eigenvalue weighted by molar-refractivity contribution is 6.30. The van der Waals surface area contributed by atoms with Crippen molar-refractivity contribution in [1.29, 1.82) is 5.26 Å². The number of anilines is 1. The molecule has 100 valence electrons. The molecule has 0 saturated heterocycles. The van der Waals surface area contributed by atoms with E-state index in [-0.39, 0.29) is 10.6 Å². The van der Waals surface area contributed by atoms with Crippen molar-refractivity contribution in [2.24, 2.45) is 0 Å². The predicted octanol–water partition coefficient (Wildman–Crippen LogP) is 3.31. The molecule has 0 radical (unpaired) electrons. The van der Waals surface area contributed by atoms with Gasteiger partial charge in [-0.1, -0.05) is 11.6 Å². The Hall–Kier alpha value is -2.45. The number of halogens is 2. The number of nitrogens with zero attached hydrogens (tertiary/aromatic N) is 2. The largest absolute Gasteiger partial charge is 0.307 e. The van der Waals surface area contributed by atoms with E-state index in [1.54, 1.807) is 13.0 Å². The minimum Gasteiger partial charge on any atom is -0.307 e. The van der Waals surface area contributed by atoms with Gasteiger partial charge in [-0.15, -0.1) is 0 Å². The highest BCUT2D eigenvalue weighted by Gasteiger charge is 2.10. The van der Waals surface area contributed by atoms with Gasteiger partial charge in [0.25, 0.3) is 5.91 Å². The fourth-order valence-corrected chi connectivity index (χ4v) is 1.69. The van der Waals surface area contributed by atoms with Gasteiger partial charge in [0.05, 0.1) is 16.3 Å². The Morgan fingerprint density at radius 2 is 2.15 bits per heavy atom. The molecule has 0 aliphatic rings. The van der Waals surface area contributed by atoms with Crippen LogP contribution in [-0.2, 0) is 0 Å². The first-order valence-corrected chi connectivity index (χ1v) is 6.03. The Morgan fingerprint density at radius 3 is 2.75 bits per heavy atom. The van der Waals surface area contributed by atoms with Crippen LogP contribution >= 0.6 is 11.6 Å². The molecule has 0 unspecified atom stereocenters. The van der Waals surface area contributed by atoms with Crippen LogP contribution in [0.5, 0.6) is 0 Å². The predicted molar refractivity (Wildman–Crippen MR) is 73.1 cm³/mol. The number of carbonyl (C=O) groups is 1. The smallest absolute Gasteiger partial charge is 0.256 e. The molecule has 0 aliphatic heterocycles. The summed E-state index contributed by atoms with van der Waals surface area (Å²) >= 11 is 5.55. The lowest BCUT2D eigenvalue weighted by molar-refractivity contribution is 0.102. The van der Waals surface area contributed by atoms with Crippen LogP contribution in [0.1, 0.15) is 21.6 Å². The molecular weight excluding hydrogens is 281 g/mol. The van der Waals surface area contributed by atoms with Crippen LogP contribution in [0.25, 0.3) is 0 Å². The van der Waals surface area contributed by atoms with Gasteiger partial charge in [0.15, 0.2) is 0 Å². The molecule has 2 rings (SSSR count). The van der Waals surface area contributed by atoms with Gasteiger partial charge in [0.2, 0.25) is 0 Å². The lowest BCUT2D eigenvalue weighted by Crippen LogP contribution is -2.13. The molecule has 0 atom stereocenters. The highest BCUT2D eigenvalue weighted by Crippen LogP contribution is 2.17. The number of pyridine rings is 1. The molecule has 1 N–H and O–H groups in total. The second kappa shape index (κ2) is 5.68. The van der Waals surface area contributed by atoms with Crippen LogP contribution in [0.4, 0.5) is 10.2 Å². The van der Waals surface area contributed by atoms with Crippen LogP contribution in [0.15, 0.2) is 30.3 Å². The molecule has 1 aromatic carbocycles. The Labute approximate surface area is 119 Å². The van der Waals surface area contributed by atoms with Crippen molar-refractivity contribution in [3.63, 3.8) is 0 Å². The zero-order chi connectivity index (χ0) is 14.7. The molecule has 0 fully saturated rings. The number of rotatable bonds is 2. The van der Waals surface area contributed by atoms with Gasteiger partial charge < -0.3 is 5.32 Å². The summed E-state index contributed by atoms with van der Waals surface area (Å²) in [6.07, 6.45) is 0. The van der Waals surface area contributed by atoms with Crippen LogP contribution in [-0.4, -0.2) is 10.9 Å². The number of aromatic nitrogens is 1. The van der Waals surface area contributed by atoms with Crippen LogP contribution in [0.2, 0.25) is 5.02 Å². The summed E-state index contributed by atoms with van der Waals surface area (Å²) in [5, 5.41) is 11.3. The van der Waals surface area contributed by atoms with Crippen molar-refractivity contribution in [1.82, 2.24) is 4.98 Å². The van der Waals surface area contributed by atoms with Crippen LogP contribution < -0.4 is 5.32 Å². The minimum atomic E-state index is -0.664. The molecule has 4 nitrogen and oxygen atoms in total. The lowest BCUT2D eigenvalue weighted by Gasteiger charge is -2.06. The Bertz CT molecular complexity index is 725. The third-order valence-corrected chi connectivity index (χ3v) is 2.94. The van der Waals surface area contributed by atoms with E-state index in [0.717, 1.165) is 6.07 Å². The second-order valence-corrected chi connectivity index (χ2v) is 4.43. The van der Waals surface area contributed by atoms with Crippen molar-refractivity contribution < 1.29 is 9.18 Å². The standard InChI is InChI=1S/C14H9ClFN3O/c1-8-10(7-17)3-5-13(18-8)19-14(20)9-2-4-11(15)12(16)6-9/h2-6H,1H3,(H,18,19,20). The van der Waals surface area contributed by atoms with E-state index in [1.807, 2.05) is 6.07 Å². The van der Waals surface area contributed by atoms with Gasteiger partial charge in [-0.2, -0.15) is 5.26 Å². The van der Waals surface area contributed by atoms with Crippen molar-refractivity contribution in [2.45, 2.75) is 6.92 Å². The highest BCUT2D eigenvalue weighted by atomic mass is 35.5. The first-order valence-electron chi connectivity index (χ1n) is 5.65. The molecule has 1 amide bonds. The average molecular weight is 290 g/mol.